The van der Waals surface area contributed by atoms with Crippen LogP contribution in [0.5, 0.6) is 17.2 Å². The molecule has 0 saturated heterocycles. The van der Waals surface area contributed by atoms with Crippen LogP contribution < -0.4 is 30.3 Å². The van der Waals surface area contributed by atoms with Crippen molar-refractivity contribution in [3.8, 4) is 17.2 Å². The van der Waals surface area contributed by atoms with Crippen LogP contribution in [-0.4, -0.2) is 44.3 Å². The average Bonchev–Trinajstić information content (AvgIpc) is 2.79. The number of hydrogen-bond donors (Lipinski definition) is 3. The first kappa shape index (κ1) is 24.2. The molecule has 0 aliphatic carbocycles. The topological polar surface area (TPSA) is 127 Å². The molecule has 0 fully saturated rings. The Kier molecular flexibility index (Phi) is 9.03. The second-order valence-corrected chi connectivity index (χ2v) is 6.46. The van der Waals surface area contributed by atoms with Gasteiger partial charge >= 0.3 is 11.8 Å². The van der Waals surface area contributed by atoms with Crippen LogP contribution in [0.4, 0.5) is 11.4 Å². The van der Waals surface area contributed by atoms with Crippen LogP contribution in [0.1, 0.15) is 20.3 Å². The summed E-state index contributed by atoms with van der Waals surface area (Å²) in [6.07, 6.45) is -0.0886. The third-order valence-corrected chi connectivity index (χ3v) is 4.09. The number of ether oxygens (including phenoxy) is 3. The van der Waals surface area contributed by atoms with E-state index in [0.717, 1.165) is 0 Å². The maximum Gasteiger partial charge on any atom is 0.329 e. The van der Waals surface area contributed by atoms with Crippen LogP contribution >= 0.6 is 0 Å². The van der Waals surface area contributed by atoms with Gasteiger partial charge in [0.1, 0.15) is 17.2 Å². The van der Waals surface area contributed by atoms with Crippen molar-refractivity contribution in [3.63, 3.8) is 0 Å². The summed E-state index contributed by atoms with van der Waals surface area (Å²) in [5, 5.41) is 8.97. The van der Waals surface area contributed by atoms with Crippen molar-refractivity contribution in [2.75, 3.05) is 31.5 Å². The Morgan fingerprint density at radius 1 is 0.906 bits per heavy atom. The molecule has 0 spiro atoms. The summed E-state index contributed by atoms with van der Waals surface area (Å²) in [6.45, 7) is 3.86. The molecule has 2 aromatic carbocycles. The van der Waals surface area contributed by atoms with Gasteiger partial charge in [0, 0.05) is 11.8 Å². The van der Waals surface area contributed by atoms with Gasteiger partial charge in [0.25, 0.3) is 0 Å². The van der Waals surface area contributed by atoms with E-state index in [1.54, 1.807) is 49.4 Å². The highest BCUT2D eigenvalue weighted by Crippen LogP contribution is 2.29. The van der Waals surface area contributed by atoms with E-state index in [2.05, 4.69) is 21.2 Å². The number of benzene rings is 2. The van der Waals surface area contributed by atoms with Gasteiger partial charge in [-0.25, -0.2) is 5.43 Å². The molecule has 0 heterocycles. The molecular weight excluding hydrogens is 416 g/mol. The second kappa shape index (κ2) is 11.9. The van der Waals surface area contributed by atoms with Gasteiger partial charge in [0.05, 0.1) is 38.6 Å². The lowest BCUT2D eigenvalue weighted by atomic mass is 10.2. The third kappa shape index (κ3) is 7.01. The van der Waals surface area contributed by atoms with Crippen LogP contribution in [0.25, 0.3) is 0 Å². The molecule has 2 rings (SSSR count). The van der Waals surface area contributed by atoms with Gasteiger partial charge in [-0.3, -0.25) is 14.4 Å². The van der Waals surface area contributed by atoms with E-state index in [9.17, 15) is 14.4 Å². The number of nitrogens with one attached hydrogen (secondary N) is 3. The minimum absolute atomic E-state index is 0.0886. The number of hydrogen-bond acceptors (Lipinski definition) is 7. The average molecular weight is 442 g/mol. The summed E-state index contributed by atoms with van der Waals surface area (Å²) in [7, 11) is 2.93. The zero-order valence-electron chi connectivity index (χ0n) is 18.4. The maximum atomic E-state index is 12.3. The first-order valence-corrected chi connectivity index (χ1v) is 9.76. The monoisotopic (exact) mass is 442 g/mol. The summed E-state index contributed by atoms with van der Waals surface area (Å²) in [5.41, 5.74) is 3.26. The van der Waals surface area contributed by atoms with Gasteiger partial charge in [0.2, 0.25) is 5.91 Å². The lowest BCUT2D eigenvalue weighted by Gasteiger charge is -2.11. The van der Waals surface area contributed by atoms with Crippen molar-refractivity contribution in [1.29, 1.82) is 0 Å². The SMILES string of the molecule is CCOc1ccccc1NC(=O)C/C(C)=N/NC(=O)C(=O)Nc1ccc(OC)cc1OC. The van der Waals surface area contributed by atoms with Gasteiger partial charge in [-0.15, -0.1) is 0 Å². The Hall–Kier alpha value is -4.08. The molecule has 10 nitrogen and oxygen atoms in total. The number of hydrazone groups is 1. The molecule has 0 bridgehead atoms. The lowest BCUT2D eigenvalue weighted by molar-refractivity contribution is -0.136. The largest absolute Gasteiger partial charge is 0.497 e. The van der Waals surface area contributed by atoms with Crippen LogP contribution in [0.2, 0.25) is 0 Å². The fourth-order valence-corrected chi connectivity index (χ4v) is 2.60. The van der Waals surface area contributed by atoms with Gasteiger partial charge in [0.15, 0.2) is 0 Å². The van der Waals surface area contributed by atoms with E-state index in [4.69, 9.17) is 14.2 Å². The van der Waals surface area contributed by atoms with Gasteiger partial charge in [-0.05, 0) is 38.1 Å². The molecule has 3 amide bonds. The highest BCUT2D eigenvalue weighted by Gasteiger charge is 2.16. The minimum Gasteiger partial charge on any atom is -0.497 e. The number of amides is 3. The molecule has 0 aliphatic heterocycles. The van der Waals surface area contributed by atoms with Crippen molar-refractivity contribution in [3.05, 3.63) is 42.5 Å². The summed E-state index contributed by atoms with van der Waals surface area (Å²) >= 11 is 0. The van der Waals surface area contributed by atoms with Crippen molar-refractivity contribution in [2.45, 2.75) is 20.3 Å². The van der Waals surface area contributed by atoms with Crippen molar-refractivity contribution < 1.29 is 28.6 Å². The summed E-state index contributed by atoms with van der Waals surface area (Å²) in [4.78, 5) is 36.5. The fraction of sp³-hybridized carbons (Fsp3) is 0.273. The summed E-state index contributed by atoms with van der Waals surface area (Å²) in [5.74, 6) is -0.873. The molecule has 32 heavy (non-hydrogen) atoms. The number of carbonyl (C=O) groups is 3. The summed E-state index contributed by atoms with van der Waals surface area (Å²) < 4.78 is 15.7. The predicted molar refractivity (Wildman–Crippen MR) is 120 cm³/mol. The fourth-order valence-electron chi connectivity index (χ4n) is 2.60. The highest BCUT2D eigenvalue weighted by molar-refractivity contribution is 6.39. The van der Waals surface area contributed by atoms with Crippen molar-refractivity contribution in [1.82, 2.24) is 5.43 Å². The van der Waals surface area contributed by atoms with E-state index in [1.165, 1.54) is 14.2 Å². The molecule has 0 unspecified atom stereocenters. The van der Waals surface area contributed by atoms with Crippen LogP contribution in [0.15, 0.2) is 47.6 Å². The molecule has 10 heteroatoms. The first-order chi connectivity index (χ1) is 15.4. The Morgan fingerprint density at radius 3 is 2.31 bits per heavy atom. The smallest absolute Gasteiger partial charge is 0.329 e. The normalized spacial score (nSPS) is 10.7. The third-order valence-electron chi connectivity index (χ3n) is 4.09. The van der Waals surface area contributed by atoms with Crippen molar-refractivity contribution >= 4 is 34.8 Å². The quantitative estimate of drug-likeness (QED) is 0.311. The van der Waals surface area contributed by atoms with Crippen molar-refractivity contribution in [2.24, 2.45) is 5.10 Å². The lowest BCUT2D eigenvalue weighted by Crippen LogP contribution is -2.33. The molecule has 170 valence electrons. The van der Waals surface area contributed by atoms with Crippen LogP contribution in [0, 0.1) is 0 Å². The summed E-state index contributed by atoms with van der Waals surface area (Å²) in [6, 6.07) is 11.8. The molecule has 0 radical (unpaired) electrons. The van der Waals surface area contributed by atoms with Gasteiger partial charge < -0.3 is 24.8 Å². The standard InChI is InChI=1S/C22H26N4O6/c1-5-32-18-9-7-6-8-16(18)23-20(27)12-14(2)25-26-22(29)21(28)24-17-11-10-15(30-3)13-19(17)31-4/h6-11,13H,5,12H2,1-4H3,(H,23,27)(H,24,28)(H,26,29)/b25-14+. The Balaban J connectivity index is 1.91. The number of para-hydroxylation sites is 2. The Labute approximate surface area is 185 Å². The number of anilines is 2. The van der Waals surface area contributed by atoms with E-state index in [0.29, 0.717) is 40.9 Å². The molecule has 2 aromatic rings. The maximum absolute atomic E-state index is 12.3. The molecule has 0 saturated carbocycles. The second-order valence-electron chi connectivity index (χ2n) is 6.46. The molecule has 0 aliphatic rings. The van der Waals surface area contributed by atoms with Crippen LogP contribution in [0.3, 0.4) is 0 Å². The number of nitrogens with zero attached hydrogens (tertiary/aromatic N) is 1. The number of methoxy groups -OCH3 is 2. The van der Waals surface area contributed by atoms with E-state index < -0.39 is 11.8 Å². The van der Waals surface area contributed by atoms with E-state index in [1.807, 2.05) is 6.92 Å². The molecule has 0 aromatic heterocycles. The Bertz CT molecular complexity index is 1010. The highest BCUT2D eigenvalue weighted by atomic mass is 16.5. The number of carbonyl (C=O) groups excluding carboxylic acids is 3. The zero-order chi connectivity index (χ0) is 23.5. The predicted octanol–water partition coefficient (Wildman–Crippen LogP) is 2.56. The van der Waals surface area contributed by atoms with E-state index >= 15 is 0 Å². The Morgan fingerprint density at radius 2 is 1.62 bits per heavy atom. The molecule has 3 N–H and O–H groups in total. The van der Waals surface area contributed by atoms with Gasteiger partial charge in [-0.2, -0.15) is 5.10 Å². The van der Waals surface area contributed by atoms with Crippen LogP contribution in [-0.2, 0) is 14.4 Å². The molecule has 0 atom stereocenters. The van der Waals surface area contributed by atoms with E-state index in [-0.39, 0.29) is 12.3 Å². The minimum atomic E-state index is -0.996. The first-order valence-electron chi connectivity index (χ1n) is 9.76. The zero-order valence-corrected chi connectivity index (χ0v) is 18.4. The molecular formula is C22H26N4O6. The number of rotatable bonds is 9. The van der Waals surface area contributed by atoms with Gasteiger partial charge in [-0.1, -0.05) is 12.1 Å².